The molecular weight excluding hydrogens is 324 g/mol. The van der Waals surface area contributed by atoms with Crippen molar-refractivity contribution >= 4 is 11.8 Å². The number of hydrogen-bond donors (Lipinski definition) is 2. The van der Waals surface area contributed by atoms with E-state index in [9.17, 15) is 9.59 Å². The van der Waals surface area contributed by atoms with Crippen molar-refractivity contribution in [2.45, 2.75) is 76.8 Å². The van der Waals surface area contributed by atoms with Crippen molar-refractivity contribution in [2.75, 3.05) is 26.3 Å². The zero-order valence-electron chi connectivity index (χ0n) is 15.3. The first-order valence-corrected chi connectivity index (χ1v) is 9.56. The van der Waals surface area contributed by atoms with Crippen molar-refractivity contribution in [3.63, 3.8) is 0 Å². The fraction of sp³-hybridized carbons (Fsp3) is 0.889. The molecular formula is C18H32N2O5. The van der Waals surface area contributed by atoms with Gasteiger partial charge in [0.15, 0.2) is 0 Å². The molecule has 0 aromatic heterocycles. The van der Waals surface area contributed by atoms with Crippen LogP contribution in [-0.2, 0) is 23.8 Å². The summed E-state index contributed by atoms with van der Waals surface area (Å²) in [7, 11) is 0. The summed E-state index contributed by atoms with van der Waals surface area (Å²) in [5.41, 5.74) is 0. The van der Waals surface area contributed by atoms with Crippen molar-refractivity contribution < 1.29 is 23.8 Å². The molecule has 0 aliphatic carbocycles. The predicted molar refractivity (Wildman–Crippen MR) is 92.8 cm³/mol. The van der Waals surface area contributed by atoms with Gasteiger partial charge >= 0.3 is 0 Å². The molecule has 7 nitrogen and oxygen atoms in total. The van der Waals surface area contributed by atoms with Crippen molar-refractivity contribution in [2.24, 2.45) is 0 Å². The van der Waals surface area contributed by atoms with Crippen molar-refractivity contribution in [1.82, 2.24) is 10.6 Å². The Labute approximate surface area is 150 Å². The summed E-state index contributed by atoms with van der Waals surface area (Å²) >= 11 is 0. The molecule has 2 rings (SSSR count). The SMILES string of the molecule is CC12OCCCCCNC(=O)CCCCCCC(=O)NCC(CO1)O2. The van der Waals surface area contributed by atoms with Gasteiger partial charge in [0.2, 0.25) is 11.8 Å². The lowest BCUT2D eigenvalue weighted by Gasteiger charge is -2.23. The lowest BCUT2D eigenvalue weighted by molar-refractivity contribution is -0.324. The van der Waals surface area contributed by atoms with E-state index >= 15 is 0 Å². The van der Waals surface area contributed by atoms with Crippen LogP contribution in [0.1, 0.15) is 64.7 Å². The van der Waals surface area contributed by atoms with Crippen LogP contribution >= 0.6 is 0 Å². The number of rotatable bonds is 0. The standard InChI is InChI=1S/C18H32N2O5/c1-18-23-12-8-4-7-11-19-16(21)9-5-2-3-6-10-17(22)20-13-15(25-18)14-24-18/h15H,2-14H2,1H3,(H,19,21)(H,20,22). The predicted octanol–water partition coefficient (Wildman–Crippen LogP) is 1.85. The first kappa shape index (κ1) is 20.1. The van der Waals surface area contributed by atoms with Crippen LogP contribution < -0.4 is 10.6 Å². The van der Waals surface area contributed by atoms with E-state index in [1.807, 2.05) is 0 Å². The highest BCUT2D eigenvalue weighted by molar-refractivity contribution is 5.76. The summed E-state index contributed by atoms with van der Waals surface area (Å²) in [5, 5.41) is 5.85. The molecule has 144 valence electrons. The monoisotopic (exact) mass is 356 g/mol. The number of ether oxygens (including phenoxy) is 3. The third-order valence-corrected chi connectivity index (χ3v) is 4.50. The molecule has 7 heteroatoms. The summed E-state index contributed by atoms with van der Waals surface area (Å²) in [6.07, 6.45) is 7.40. The van der Waals surface area contributed by atoms with E-state index in [2.05, 4.69) is 10.6 Å². The Bertz CT molecular complexity index is 432. The van der Waals surface area contributed by atoms with Gasteiger partial charge < -0.3 is 24.8 Å². The average Bonchev–Trinajstić information content (AvgIpc) is 2.96. The highest BCUT2D eigenvalue weighted by Crippen LogP contribution is 2.24. The maximum absolute atomic E-state index is 11.9. The number of fused-ring (bicyclic) bond motifs is 2. The minimum absolute atomic E-state index is 0.0327. The van der Waals surface area contributed by atoms with Gasteiger partial charge in [0.25, 0.3) is 5.97 Å². The molecule has 2 N–H and O–H groups in total. The molecule has 2 atom stereocenters. The van der Waals surface area contributed by atoms with E-state index in [0.29, 0.717) is 39.1 Å². The molecule has 0 spiro atoms. The fourth-order valence-corrected chi connectivity index (χ4v) is 3.01. The van der Waals surface area contributed by atoms with E-state index in [0.717, 1.165) is 44.9 Å². The molecule has 2 aliphatic rings. The lowest BCUT2D eigenvalue weighted by atomic mass is 10.1. The number of carbonyl (C=O) groups is 2. The second-order valence-electron chi connectivity index (χ2n) is 6.89. The second-order valence-corrected chi connectivity index (χ2v) is 6.89. The molecule has 2 heterocycles. The molecule has 2 amide bonds. The van der Waals surface area contributed by atoms with Gasteiger partial charge in [-0.05, 0) is 32.1 Å². The van der Waals surface area contributed by atoms with E-state index in [1.165, 1.54) is 0 Å². The molecule has 0 aromatic rings. The third kappa shape index (κ3) is 8.16. The van der Waals surface area contributed by atoms with Gasteiger partial charge in [-0.15, -0.1) is 0 Å². The molecule has 25 heavy (non-hydrogen) atoms. The van der Waals surface area contributed by atoms with Gasteiger partial charge in [0.05, 0.1) is 13.2 Å². The van der Waals surface area contributed by atoms with Crippen molar-refractivity contribution in [1.29, 1.82) is 0 Å². The maximum atomic E-state index is 11.9. The molecule has 2 saturated heterocycles. The van der Waals surface area contributed by atoms with Crippen LogP contribution in [-0.4, -0.2) is 50.2 Å². The first-order chi connectivity index (χ1) is 12.1. The largest absolute Gasteiger partial charge is 0.356 e. The molecule has 2 bridgehead atoms. The van der Waals surface area contributed by atoms with Crippen LogP contribution in [0.5, 0.6) is 0 Å². The highest BCUT2D eigenvalue weighted by Gasteiger charge is 2.38. The Hall–Kier alpha value is -1.18. The highest BCUT2D eigenvalue weighted by atomic mass is 16.9. The van der Waals surface area contributed by atoms with Gasteiger partial charge in [-0.3, -0.25) is 9.59 Å². The summed E-state index contributed by atoms with van der Waals surface area (Å²) < 4.78 is 17.1. The Kier molecular flexibility index (Phi) is 8.64. The fourth-order valence-electron chi connectivity index (χ4n) is 3.01. The van der Waals surface area contributed by atoms with Gasteiger partial charge in [-0.1, -0.05) is 12.8 Å². The summed E-state index contributed by atoms with van der Waals surface area (Å²) in [4.78, 5) is 23.6. The molecule has 2 fully saturated rings. The van der Waals surface area contributed by atoms with Crippen LogP contribution in [0.25, 0.3) is 0 Å². The summed E-state index contributed by atoms with van der Waals surface area (Å²) in [6, 6.07) is 0. The normalized spacial score (nSPS) is 31.8. The summed E-state index contributed by atoms with van der Waals surface area (Å²) in [6.45, 7) is 3.89. The lowest BCUT2D eigenvalue weighted by Crippen LogP contribution is -2.36. The first-order valence-electron chi connectivity index (χ1n) is 9.56. The van der Waals surface area contributed by atoms with Crippen LogP contribution in [0.4, 0.5) is 0 Å². The van der Waals surface area contributed by atoms with E-state index in [1.54, 1.807) is 6.92 Å². The van der Waals surface area contributed by atoms with Crippen molar-refractivity contribution in [3.8, 4) is 0 Å². The quantitative estimate of drug-likeness (QED) is 0.692. The number of nitrogens with one attached hydrogen (secondary N) is 2. The summed E-state index contributed by atoms with van der Waals surface area (Å²) in [5.74, 6) is -0.871. The minimum Gasteiger partial charge on any atom is -0.356 e. The number of carbonyl (C=O) groups excluding carboxylic acids is 2. The van der Waals surface area contributed by atoms with Crippen molar-refractivity contribution in [3.05, 3.63) is 0 Å². The van der Waals surface area contributed by atoms with Gasteiger partial charge in [0.1, 0.15) is 6.10 Å². The maximum Gasteiger partial charge on any atom is 0.280 e. The van der Waals surface area contributed by atoms with Crippen LogP contribution in [0.3, 0.4) is 0 Å². The molecule has 2 aliphatic heterocycles. The van der Waals surface area contributed by atoms with E-state index in [4.69, 9.17) is 14.2 Å². The minimum atomic E-state index is -1.02. The van der Waals surface area contributed by atoms with Crippen LogP contribution in [0.15, 0.2) is 0 Å². The van der Waals surface area contributed by atoms with E-state index in [-0.39, 0.29) is 17.9 Å². The third-order valence-electron chi connectivity index (χ3n) is 4.50. The average molecular weight is 356 g/mol. The Morgan fingerprint density at radius 3 is 2.32 bits per heavy atom. The number of hydrogen-bond acceptors (Lipinski definition) is 5. The Morgan fingerprint density at radius 1 is 0.880 bits per heavy atom. The molecule has 2 unspecified atom stereocenters. The van der Waals surface area contributed by atoms with Gasteiger partial charge in [0, 0.05) is 32.9 Å². The van der Waals surface area contributed by atoms with E-state index < -0.39 is 5.97 Å². The smallest absolute Gasteiger partial charge is 0.280 e. The topological polar surface area (TPSA) is 85.9 Å². The Balaban J connectivity index is 1.76. The number of amides is 2. The second kappa shape index (κ2) is 10.7. The zero-order valence-corrected chi connectivity index (χ0v) is 15.3. The molecule has 0 saturated carbocycles. The van der Waals surface area contributed by atoms with Gasteiger partial charge in [-0.25, -0.2) is 0 Å². The molecule has 0 aromatic carbocycles. The zero-order chi connectivity index (χ0) is 18.0. The Morgan fingerprint density at radius 2 is 1.56 bits per heavy atom. The van der Waals surface area contributed by atoms with Gasteiger partial charge in [-0.2, -0.15) is 0 Å². The molecule has 0 radical (unpaired) electrons. The van der Waals surface area contributed by atoms with Crippen LogP contribution in [0, 0.1) is 0 Å². The van der Waals surface area contributed by atoms with Crippen LogP contribution in [0.2, 0.25) is 0 Å².